The number of aliphatic hydroxyl groups is 1. The first-order chi connectivity index (χ1) is 15.0. The van der Waals surface area contributed by atoms with Crippen molar-refractivity contribution in [1.82, 2.24) is 19.6 Å². The molecular formula is C24H38N4O3. The normalized spacial score (nSPS) is 26.1. The Kier molecular flexibility index (Phi) is 7.48. The van der Waals surface area contributed by atoms with Gasteiger partial charge in [-0.2, -0.15) is 0 Å². The first-order valence-electron chi connectivity index (χ1n) is 11.8. The largest absolute Gasteiger partial charge is 0.494 e. The van der Waals surface area contributed by atoms with Crippen LogP contribution < -0.4 is 4.74 Å². The van der Waals surface area contributed by atoms with E-state index in [0.29, 0.717) is 13.0 Å². The molecule has 31 heavy (non-hydrogen) atoms. The molecule has 3 heterocycles. The quantitative estimate of drug-likeness (QED) is 0.596. The molecule has 3 fully saturated rings. The minimum Gasteiger partial charge on any atom is -0.494 e. The van der Waals surface area contributed by atoms with Gasteiger partial charge >= 0.3 is 0 Å². The molecule has 172 valence electrons. The van der Waals surface area contributed by atoms with Gasteiger partial charge in [0.05, 0.1) is 12.2 Å². The van der Waals surface area contributed by atoms with Crippen LogP contribution in [0.4, 0.5) is 0 Å². The lowest BCUT2D eigenvalue weighted by Crippen LogP contribution is -2.51. The lowest BCUT2D eigenvalue weighted by molar-refractivity contribution is -0.127. The third-order valence-electron chi connectivity index (χ3n) is 6.87. The summed E-state index contributed by atoms with van der Waals surface area (Å²) < 4.78 is 5.85. The highest BCUT2D eigenvalue weighted by molar-refractivity contribution is 5.77. The van der Waals surface area contributed by atoms with Gasteiger partial charge in [0.15, 0.2) is 0 Å². The predicted octanol–water partition coefficient (Wildman–Crippen LogP) is 1.26. The molecular weight excluding hydrogens is 392 g/mol. The fraction of sp³-hybridized carbons (Fsp3) is 0.708. The molecule has 0 aliphatic carbocycles. The fourth-order valence-electron chi connectivity index (χ4n) is 4.96. The van der Waals surface area contributed by atoms with Crippen molar-refractivity contribution < 1.29 is 14.6 Å². The van der Waals surface area contributed by atoms with Crippen molar-refractivity contribution in [1.29, 1.82) is 0 Å². The zero-order chi connectivity index (χ0) is 21.7. The second-order valence-electron chi connectivity index (χ2n) is 9.59. The van der Waals surface area contributed by atoms with E-state index in [1.54, 1.807) is 0 Å². The van der Waals surface area contributed by atoms with Gasteiger partial charge in [-0.3, -0.25) is 14.6 Å². The van der Waals surface area contributed by atoms with E-state index in [1.165, 1.54) is 5.56 Å². The molecule has 7 nitrogen and oxygen atoms in total. The Morgan fingerprint density at radius 3 is 2.52 bits per heavy atom. The van der Waals surface area contributed by atoms with Crippen LogP contribution in [-0.2, 0) is 11.3 Å². The molecule has 0 bridgehead atoms. The van der Waals surface area contributed by atoms with Gasteiger partial charge in [-0.1, -0.05) is 12.1 Å². The number of piperazine rings is 1. The number of hydrogen-bond donors (Lipinski definition) is 1. The van der Waals surface area contributed by atoms with Gasteiger partial charge in [-0.05, 0) is 44.0 Å². The molecule has 3 aliphatic heterocycles. The van der Waals surface area contributed by atoms with Crippen LogP contribution in [0.1, 0.15) is 31.2 Å². The smallest absolute Gasteiger partial charge is 0.222 e. The highest BCUT2D eigenvalue weighted by atomic mass is 16.5. The van der Waals surface area contributed by atoms with Crippen LogP contribution in [0.3, 0.4) is 0 Å². The molecule has 1 aromatic rings. The number of ether oxygens (including phenoxy) is 1. The summed E-state index contributed by atoms with van der Waals surface area (Å²) in [5.74, 6) is 1.16. The molecule has 1 amide bonds. The van der Waals surface area contributed by atoms with Crippen molar-refractivity contribution in [3.63, 3.8) is 0 Å². The number of amides is 1. The number of rotatable bonds is 9. The lowest BCUT2D eigenvalue weighted by atomic mass is 10.0. The Morgan fingerprint density at radius 2 is 1.81 bits per heavy atom. The third kappa shape index (κ3) is 6.42. The zero-order valence-corrected chi connectivity index (χ0v) is 19.0. The van der Waals surface area contributed by atoms with E-state index in [9.17, 15) is 9.90 Å². The second kappa shape index (κ2) is 10.3. The summed E-state index contributed by atoms with van der Waals surface area (Å²) in [5.41, 5.74) is 0.661. The first kappa shape index (κ1) is 22.5. The maximum Gasteiger partial charge on any atom is 0.222 e. The Balaban J connectivity index is 1.16. The number of likely N-dealkylation sites (N-methyl/N-ethyl adjacent to an activating group) is 1. The fourth-order valence-corrected chi connectivity index (χ4v) is 4.96. The van der Waals surface area contributed by atoms with Gasteiger partial charge in [-0.15, -0.1) is 0 Å². The van der Waals surface area contributed by atoms with E-state index in [2.05, 4.69) is 33.9 Å². The number of likely N-dealkylation sites (tertiary alicyclic amines) is 2. The Labute approximate surface area is 186 Å². The van der Waals surface area contributed by atoms with E-state index in [4.69, 9.17) is 4.74 Å². The first-order valence-corrected chi connectivity index (χ1v) is 11.8. The van der Waals surface area contributed by atoms with Gasteiger partial charge in [0.2, 0.25) is 5.91 Å². The summed E-state index contributed by atoms with van der Waals surface area (Å²) in [5, 5.41) is 11.1. The van der Waals surface area contributed by atoms with Gasteiger partial charge in [0.1, 0.15) is 5.75 Å². The molecule has 0 radical (unpaired) electrons. The maximum absolute atomic E-state index is 11.6. The SMILES string of the molecule is CN1CCN(C[C@]2(O)CCN(Cc3ccc(OCCCN4CCCC4=O)cc3)C2)CC1. The Bertz CT molecular complexity index is 720. The van der Waals surface area contributed by atoms with Gasteiger partial charge < -0.3 is 19.6 Å². The van der Waals surface area contributed by atoms with Crippen LogP contribution in [0.15, 0.2) is 24.3 Å². The third-order valence-corrected chi connectivity index (χ3v) is 6.87. The average Bonchev–Trinajstić information content (AvgIpc) is 3.33. The number of carbonyl (C=O) groups excluding carboxylic acids is 1. The number of carbonyl (C=O) groups is 1. The van der Waals surface area contributed by atoms with E-state index in [0.717, 1.165) is 90.5 Å². The summed E-state index contributed by atoms with van der Waals surface area (Å²) in [6, 6.07) is 8.31. The van der Waals surface area contributed by atoms with Crippen LogP contribution in [0.2, 0.25) is 0 Å². The number of benzene rings is 1. The molecule has 4 rings (SSSR count). The summed E-state index contributed by atoms with van der Waals surface area (Å²) in [7, 11) is 2.16. The Morgan fingerprint density at radius 1 is 1.03 bits per heavy atom. The van der Waals surface area contributed by atoms with Crippen molar-refractivity contribution in [2.24, 2.45) is 0 Å². The molecule has 0 spiro atoms. The summed E-state index contributed by atoms with van der Waals surface area (Å²) in [4.78, 5) is 20.7. The highest BCUT2D eigenvalue weighted by Gasteiger charge is 2.37. The highest BCUT2D eigenvalue weighted by Crippen LogP contribution is 2.25. The molecule has 7 heteroatoms. The van der Waals surface area contributed by atoms with Crippen LogP contribution in [0, 0.1) is 0 Å². The summed E-state index contributed by atoms with van der Waals surface area (Å²) >= 11 is 0. The predicted molar refractivity (Wildman–Crippen MR) is 121 cm³/mol. The van der Waals surface area contributed by atoms with Gasteiger partial charge in [-0.25, -0.2) is 0 Å². The molecule has 0 saturated carbocycles. The van der Waals surface area contributed by atoms with Crippen LogP contribution in [0.5, 0.6) is 5.75 Å². The summed E-state index contributed by atoms with van der Waals surface area (Å²) in [6.45, 7) is 9.94. The number of β-amino-alcohol motifs (C(OH)–C–C–N with tert-alkyl or cyclic N) is 1. The molecule has 0 aromatic heterocycles. The van der Waals surface area contributed by atoms with Crippen LogP contribution in [0.25, 0.3) is 0 Å². The lowest BCUT2D eigenvalue weighted by Gasteiger charge is -2.36. The van der Waals surface area contributed by atoms with Crippen molar-refractivity contribution in [3.8, 4) is 5.75 Å². The van der Waals surface area contributed by atoms with E-state index >= 15 is 0 Å². The Hall–Kier alpha value is -1.67. The minimum atomic E-state index is -0.588. The second-order valence-corrected chi connectivity index (χ2v) is 9.59. The molecule has 1 aromatic carbocycles. The standard InChI is InChI=1S/C24H38N4O3/c1-25-13-15-26(16-14-25)19-24(30)9-12-27(20-24)18-21-5-7-22(8-6-21)31-17-3-11-28-10-2-4-23(28)29/h5-8,30H,2-4,9-20H2,1H3/t24-/m1/s1. The van der Waals surface area contributed by atoms with Crippen molar-refractivity contribution >= 4 is 5.91 Å². The molecule has 1 N–H and O–H groups in total. The van der Waals surface area contributed by atoms with Crippen molar-refractivity contribution in [2.45, 2.75) is 37.8 Å². The monoisotopic (exact) mass is 430 g/mol. The van der Waals surface area contributed by atoms with Gasteiger partial charge in [0, 0.05) is 71.9 Å². The van der Waals surface area contributed by atoms with E-state index < -0.39 is 5.60 Å². The number of hydrogen-bond acceptors (Lipinski definition) is 6. The molecule has 1 atom stereocenters. The molecule has 0 unspecified atom stereocenters. The van der Waals surface area contributed by atoms with Gasteiger partial charge in [0.25, 0.3) is 0 Å². The average molecular weight is 431 g/mol. The maximum atomic E-state index is 11.6. The topological polar surface area (TPSA) is 59.5 Å². The van der Waals surface area contributed by atoms with E-state index in [-0.39, 0.29) is 5.91 Å². The number of nitrogens with zero attached hydrogens (tertiary/aromatic N) is 4. The zero-order valence-electron chi connectivity index (χ0n) is 19.0. The molecule has 3 aliphatic rings. The minimum absolute atomic E-state index is 0.279. The van der Waals surface area contributed by atoms with Crippen molar-refractivity contribution in [3.05, 3.63) is 29.8 Å². The summed E-state index contributed by atoms with van der Waals surface area (Å²) in [6.07, 6.45) is 3.41. The van der Waals surface area contributed by atoms with E-state index in [1.807, 2.05) is 17.0 Å². The molecule has 3 saturated heterocycles. The van der Waals surface area contributed by atoms with Crippen LogP contribution in [-0.4, -0.2) is 109 Å². The van der Waals surface area contributed by atoms with Crippen molar-refractivity contribution in [2.75, 3.05) is 72.6 Å². The van der Waals surface area contributed by atoms with Crippen LogP contribution >= 0.6 is 0 Å².